The molecule has 4 heterocycles. The third kappa shape index (κ3) is 4.54. The van der Waals surface area contributed by atoms with E-state index in [0.717, 1.165) is 31.4 Å². The summed E-state index contributed by atoms with van der Waals surface area (Å²) in [6.45, 7) is 8.98. The Kier molecular flexibility index (Phi) is 6.18. The Morgan fingerprint density at radius 1 is 1.03 bits per heavy atom. The number of imide groups is 1. The summed E-state index contributed by atoms with van der Waals surface area (Å²) in [7, 11) is 1.72. The van der Waals surface area contributed by atoms with Gasteiger partial charge in [-0.2, -0.15) is 0 Å². The number of rotatable bonds is 3. The predicted molar refractivity (Wildman–Crippen MR) is 134 cm³/mol. The van der Waals surface area contributed by atoms with E-state index in [2.05, 4.69) is 22.3 Å². The van der Waals surface area contributed by atoms with E-state index in [9.17, 15) is 19.2 Å². The lowest BCUT2D eigenvalue weighted by Gasteiger charge is -2.47. The molecule has 1 N–H and O–H groups in total. The number of carbonyl (C=O) groups is 3. The maximum atomic E-state index is 13.0. The quantitative estimate of drug-likeness (QED) is 0.652. The highest BCUT2D eigenvalue weighted by molar-refractivity contribution is 6.00. The highest BCUT2D eigenvalue weighted by atomic mass is 16.6. The van der Waals surface area contributed by atoms with Crippen LogP contribution in [0.5, 0.6) is 0 Å². The number of piperidine rings is 2. The monoisotopic (exact) mass is 497 g/mol. The minimum absolute atomic E-state index is 0.228. The second kappa shape index (κ2) is 9.06. The highest BCUT2D eigenvalue weighted by Gasteiger charge is 2.37. The molecule has 1 aromatic carbocycles. The maximum absolute atomic E-state index is 13.0. The van der Waals surface area contributed by atoms with E-state index in [1.165, 1.54) is 10.1 Å². The van der Waals surface area contributed by atoms with Crippen LogP contribution in [0, 0.1) is 0 Å². The van der Waals surface area contributed by atoms with E-state index in [1.807, 2.05) is 26.8 Å². The number of aromatic nitrogens is 2. The Morgan fingerprint density at radius 3 is 2.36 bits per heavy atom. The van der Waals surface area contributed by atoms with Crippen molar-refractivity contribution in [2.45, 2.75) is 70.1 Å². The van der Waals surface area contributed by atoms with E-state index in [-0.39, 0.29) is 24.1 Å². The summed E-state index contributed by atoms with van der Waals surface area (Å²) in [4.78, 5) is 53.6. The molecule has 0 aliphatic carbocycles. The van der Waals surface area contributed by atoms with Crippen LogP contribution in [0.4, 0.5) is 4.79 Å². The summed E-state index contributed by atoms with van der Waals surface area (Å²) in [6, 6.07) is 5.83. The van der Waals surface area contributed by atoms with Crippen LogP contribution in [-0.2, 0) is 21.4 Å². The summed E-state index contributed by atoms with van der Waals surface area (Å²) in [5.74, 6) is -0.332. The number of amides is 3. The largest absolute Gasteiger partial charge is 0.444 e. The summed E-state index contributed by atoms with van der Waals surface area (Å²) >= 11 is 0. The number of likely N-dealkylation sites (tertiary alicyclic amines) is 2. The Hall–Kier alpha value is -3.14. The number of hydrogen-bond acceptors (Lipinski definition) is 6. The molecule has 0 spiro atoms. The molecule has 3 fully saturated rings. The van der Waals surface area contributed by atoms with Gasteiger partial charge in [0.05, 0.1) is 11.0 Å². The molecule has 2 aromatic rings. The Labute approximate surface area is 210 Å². The van der Waals surface area contributed by atoms with Gasteiger partial charge in [0.1, 0.15) is 11.6 Å². The van der Waals surface area contributed by atoms with Crippen LogP contribution >= 0.6 is 0 Å². The number of ether oxygens (including phenoxy) is 1. The first kappa shape index (κ1) is 24.5. The summed E-state index contributed by atoms with van der Waals surface area (Å²) in [5, 5.41) is 2.35. The molecule has 10 heteroatoms. The molecule has 3 aliphatic heterocycles. The zero-order chi connectivity index (χ0) is 25.8. The average Bonchev–Trinajstić information content (AvgIpc) is 3.02. The Balaban J connectivity index is 1.23. The smallest absolute Gasteiger partial charge is 0.410 e. The van der Waals surface area contributed by atoms with Gasteiger partial charge in [-0.15, -0.1) is 0 Å². The first-order valence-electron chi connectivity index (χ1n) is 12.8. The third-order valence-corrected chi connectivity index (χ3v) is 7.65. The number of carbonyl (C=O) groups excluding carboxylic acids is 3. The maximum Gasteiger partial charge on any atom is 0.410 e. The zero-order valence-corrected chi connectivity index (χ0v) is 21.5. The summed E-state index contributed by atoms with van der Waals surface area (Å²) in [6.07, 6.45) is 2.20. The van der Waals surface area contributed by atoms with Gasteiger partial charge in [-0.25, -0.2) is 9.59 Å². The first-order valence-corrected chi connectivity index (χ1v) is 12.8. The lowest BCUT2D eigenvalue weighted by atomic mass is 9.88. The lowest BCUT2D eigenvalue weighted by molar-refractivity contribution is -0.135. The summed E-state index contributed by atoms with van der Waals surface area (Å²) < 4.78 is 8.61. The molecule has 3 aliphatic rings. The molecular weight excluding hydrogens is 462 g/mol. The van der Waals surface area contributed by atoms with E-state index in [1.54, 1.807) is 16.5 Å². The molecule has 3 saturated heterocycles. The number of nitrogens with one attached hydrogen (secondary N) is 1. The van der Waals surface area contributed by atoms with Crippen molar-refractivity contribution in [1.82, 2.24) is 24.3 Å². The molecule has 0 saturated carbocycles. The van der Waals surface area contributed by atoms with E-state index in [4.69, 9.17) is 4.74 Å². The first-order chi connectivity index (χ1) is 17.0. The normalized spacial score (nSPS) is 22.6. The number of fused-ring (bicyclic) bond motifs is 1. The molecule has 1 unspecified atom stereocenters. The highest BCUT2D eigenvalue weighted by Crippen LogP contribution is 2.34. The van der Waals surface area contributed by atoms with Gasteiger partial charge in [0, 0.05) is 51.6 Å². The molecule has 0 bridgehead atoms. The van der Waals surface area contributed by atoms with Gasteiger partial charge in [0.15, 0.2) is 0 Å². The van der Waals surface area contributed by atoms with E-state index in [0.29, 0.717) is 37.0 Å². The lowest BCUT2D eigenvalue weighted by Crippen LogP contribution is -2.55. The van der Waals surface area contributed by atoms with Gasteiger partial charge < -0.3 is 9.64 Å². The van der Waals surface area contributed by atoms with Gasteiger partial charge in [0.25, 0.3) is 0 Å². The molecular formula is C26H35N5O5. The topological polar surface area (TPSA) is 106 Å². The molecule has 5 rings (SSSR count). The third-order valence-electron chi connectivity index (χ3n) is 7.65. The van der Waals surface area contributed by atoms with Gasteiger partial charge in [0.2, 0.25) is 11.8 Å². The fourth-order valence-electron chi connectivity index (χ4n) is 5.63. The van der Waals surface area contributed by atoms with Crippen molar-refractivity contribution < 1.29 is 19.1 Å². The van der Waals surface area contributed by atoms with E-state index >= 15 is 0 Å². The fourth-order valence-corrected chi connectivity index (χ4v) is 5.63. The van der Waals surface area contributed by atoms with Crippen LogP contribution in [0.3, 0.4) is 0 Å². The van der Waals surface area contributed by atoms with Crippen LogP contribution in [0.1, 0.15) is 64.0 Å². The van der Waals surface area contributed by atoms with Gasteiger partial charge >= 0.3 is 11.8 Å². The number of hydrogen-bond donors (Lipinski definition) is 1. The Morgan fingerprint density at radius 2 is 1.72 bits per heavy atom. The second-order valence-electron chi connectivity index (χ2n) is 11.3. The van der Waals surface area contributed by atoms with Gasteiger partial charge in [-0.05, 0) is 57.7 Å². The average molecular weight is 498 g/mol. The zero-order valence-electron chi connectivity index (χ0n) is 21.5. The van der Waals surface area contributed by atoms with Crippen molar-refractivity contribution >= 4 is 28.9 Å². The number of benzene rings is 1. The molecule has 0 radical (unpaired) electrons. The SMILES string of the molecule is Cn1c(=O)n(C2CCC(=O)NC2=O)c2ccc(C3CN(C4CCN(C(=O)OC(C)(C)C)CC4)C3)cc21. The van der Waals surface area contributed by atoms with Crippen LogP contribution in [0.2, 0.25) is 0 Å². The molecule has 1 atom stereocenters. The van der Waals surface area contributed by atoms with Crippen molar-refractivity contribution in [3.63, 3.8) is 0 Å². The molecule has 10 nitrogen and oxygen atoms in total. The number of imidazole rings is 1. The number of nitrogens with zero attached hydrogens (tertiary/aromatic N) is 4. The van der Waals surface area contributed by atoms with Crippen LogP contribution in [0.25, 0.3) is 11.0 Å². The molecule has 36 heavy (non-hydrogen) atoms. The van der Waals surface area contributed by atoms with Crippen LogP contribution in [-0.4, -0.2) is 74.7 Å². The predicted octanol–water partition coefficient (Wildman–Crippen LogP) is 2.12. The molecule has 3 amide bonds. The molecule has 1 aromatic heterocycles. The minimum atomic E-state index is -0.671. The van der Waals surface area contributed by atoms with Crippen molar-refractivity contribution in [2.24, 2.45) is 7.05 Å². The van der Waals surface area contributed by atoms with Gasteiger partial charge in [-0.1, -0.05) is 6.07 Å². The van der Waals surface area contributed by atoms with Crippen molar-refractivity contribution in [3.05, 3.63) is 34.2 Å². The Bertz CT molecular complexity index is 1260. The number of aryl methyl sites for hydroxylation is 1. The minimum Gasteiger partial charge on any atom is -0.444 e. The van der Waals surface area contributed by atoms with Crippen LogP contribution in [0.15, 0.2) is 23.0 Å². The summed E-state index contributed by atoms with van der Waals surface area (Å²) in [5.41, 5.74) is 1.97. The van der Waals surface area contributed by atoms with Crippen molar-refractivity contribution in [3.8, 4) is 0 Å². The van der Waals surface area contributed by atoms with Crippen molar-refractivity contribution in [1.29, 1.82) is 0 Å². The standard InChI is InChI=1S/C26H35N5O5/c1-26(2,3)36-25(35)29-11-9-18(10-12-29)30-14-17(15-30)16-5-6-19-21(13-16)28(4)24(34)31(19)20-7-8-22(32)27-23(20)33/h5-6,13,17-18,20H,7-12,14-15H2,1-4H3,(H,27,32,33). The van der Waals surface area contributed by atoms with Gasteiger partial charge in [-0.3, -0.25) is 28.9 Å². The van der Waals surface area contributed by atoms with Crippen molar-refractivity contribution in [2.75, 3.05) is 26.2 Å². The fraction of sp³-hybridized carbons (Fsp3) is 0.615. The van der Waals surface area contributed by atoms with Crippen LogP contribution < -0.4 is 11.0 Å². The second-order valence-corrected chi connectivity index (χ2v) is 11.3. The van der Waals surface area contributed by atoms with E-state index < -0.39 is 17.6 Å². The molecule has 194 valence electrons.